The van der Waals surface area contributed by atoms with Crippen molar-refractivity contribution in [2.24, 2.45) is 7.05 Å². The molecule has 1 amide bonds. The van der Waals surface area contributed by atoms with Crippen molar-refractivity contribution in [1.29, 1.82) is 0 Å². The SMILES string of the molecule is CCOC(=O)CCN(Cc1cccnc1)C(=O)CCc1c(C)nc2c(c(OC)nn2C)c1C. The van der Waals surface area contributed by atoms with E-state index in [4.69, 9.17) is 14.5 Å². The maximum Gasteiger partial charge on any atom is 0.307 e. The largest absolute Gasteiger partial charge is 0.479 e. The predicted octanol–water partition coefficient (Wildman–Crippen LogP) is 2.90. The number of hydrogen-bond acceptors (Lipinski definition) is 7. The molecular weight excluding hydrogens is 422 g/mol. The molecule has 0 radical (unpaired) electrons. The summed E-state index contributed by atoms with van der Waals surface area (Å²) in [5.74, 6) is 0.171. The molecule has 0 N–H and O–H groups in total. The zero-order valence-electron chi connectivity index (χ0n) is 19.9. The first-order valence-corrected chi connectivity index (χ1v) is 11.0. The summed E-state index contributed by atoms with van der Waals surface area (Å²) in [6, 6.07) is 3.75. The Kier molecular flexibility index (Phi) is 7.97. The van der Waals surface area contributed by atoms with Crippen molar-refractivity contribution in [3.8, 4) is 5.88 Å². The zero-order valence-corrected chi connectivity index (χ0v) is 19.9. The van der Waals surface area contributed by atoms with E-state index in [0.717, 1.165) is 33.4 Å². The second kappa shape index (κ2) is 10.9. The van der Waals surface area contributed by atoms with Gasteiger partial charge in [0.25, 0.3) is 0 Å². The van der Waals surface area contributed by atoms with Crippen LogP contribution in [-0.4, -0.2) is 56.8 Å². The van der Waals surface area contributed by atoms with Crippen LogP contribution in [0, 0.1) is 13.8 Å². The standard InChI is InChI=1S/C24H31N5O4/c1-6-33-21(31)11-13-29(15-18-8-7-12-25-14-18)20(30)10-9-19-16(2)22-23(26-17(19)3)28(4)27-24(22)32-5/h7-8,12,14H,6,9-11,13,15H2,1-5H3. The van der Waals surface area contributed by atoms with Crippen molar-refractivity contribution >= 4 is 22.9 Å². The van der Waals surface area contributed by atoms with E-state index >= 15 is 0 Å². The summed E-state index contributed by atoms with van der Waals surface area (Å²) in [6.45, 7) is 6.72. The Hall–Kier alpha value is -3.49. The molecule has 3 rings (SSSR count). The van der Waals surface area contributed by atoms with Gasteiger partial charge in [0.2, 0.25) is 11.8 Å². The van der Waals surface area contributed by atoms with Gasteiger partial charge in [0.05, 0.1) is 25.5 Å². The number of methoxy groups -OCH3 is 1. The molecule has 0 aliphatic heterocycles. The lowest BCUT2D eigenvalue weighted by Crippen LogP contribution is -2.33. The number of aromatic nitrogens is 4. The average molecular weight is 454 g/mol. The summed E-state index contributed by atoms with van der Waals surface area (Å²) < 4.78 is 12.2. The molecule has 3 aromatic heterocycles. The first-order valence-electron chi connectivity index (χ1n) is 11.0. The number of aryl methyl sites for hydroxylation is 3. The van der Waals surface area contributed by atoms with E-state index in [1.807, 2.05) is 33.0 Å². The van der Waals surface area contributed by atoms with Gasteiger partial charge in [-0.15, -0.1) is 5.10 Å². The van der Waals surface area contributed by atoms with Crippen LogP contribution < -0.4 is 4.74 Å². The van der Waals surface area contributed by atoms with Crippen molar-refractivity contribution in [3.63, 3.8) is 0 Å². The highest BCUT2D eigenvalue weighted by atomic mass is 16.5. The average Bonchev–Trinajstić information content (AvgIpc) is 3.12. The molecule has 0 aliphatic carbocycles. The summed E-state index contributed by atoms with van der Waals surface area (Å²) in [4.78, 5) is 35.6. The van der Waals surface area contributed by atoms with Gasteiger partial charge in [-0.3, -0.25) is 14.6 Å². The normalized spacial score (nSPS) is 10.9. The van der Waals surface area contributed by atoms with Gasteiger partial charge in [0.1, 0.15) is 0 Å². The summed E-state index contributed by atoms with van der Waals surface area (Å²) in [7, 11) is 3.42. The molecule has 0 bridgehead atoms. The Balaban J connectivity index is 1.78. The molecule has 9 heteroatoms. The molecule has 176 valence electrons. The first kappa shape index (κ1) is 24.2. The molecular formula is C24H31N5O4. The van der Waals surface area contributed by atoms with Crippen molar-refractivity contribution in [3.05, 3.63) is 46.9 Å². The third-order valence-corrected chi connectivity index (χ3v) is 5.65. The third-order valence-electron chi connectivity index (χ3n) is 5.65. The molecule has 9 nitrogen and oxygen atoms in total. The lowest BCUT2D eigenvalue weighted by atomic mass is 10.00. The second-order valence-electron chi connectivity index (χ2n) is 7.86. The van der Waals surface area contributed by atoms with Crippen molar-refractivity contribution < 1.29 is 19.1 Å². The fourth-order valence-corrected chi connectivity index (χ4v) is 3.96. The van der Waals surface area contributed by atoms with Crippen LogP contribution in [0.5, 0.6) is 5.88 Å². The number of pyridine rings is 2. The van der Waals surface area contributed by atoms with E-state index in [0.29, 0.717) is 31.9 Å². The van der Waals surface area contributed by atoms with Gasteiger partial charge < -0.3 is 14.4 Å². The minimum atomic E-state index is -0.313. The summed E-state index contributed by atoms with van der Waals surface area (Å²) >= 11 is 0. The number of amides is 1. The van der Waals surface area contributed by atoms with Crippen LogP contribution in [0.1, 0.15) is 42.1 Å². The number of carbonyl (C=O) groups excluding carboxylic acids is 2. The van der Waals surface area contributed by atoms with Crippen LogP contribution in [0.2, 0.25) is 0 Å². The smallest absolute Gasteiger partial charge is 0.307 e. The molecule has 3 aromatic rings. The van der Waals surface area contributed by atoms with Crippen molar-refractivity contribution in [2.45, 2.75) is 46.6 Å². The molecule has 0 atom stereocenters. The number of esters is 1. The van der Waals surface area contributed by atoms with Crippen LogP contribution >= 0.6 is 0 Å². The quantitative estimate of drug-likeness (QED) is 0.435. The maximum atomic E-state index is 13.2. The minimum Gasteiger partial charge on any atom is -0.479 e. The molecule has 33 heavy (non-hydrogen) atoms. The molecule has 3 heterocycles. The third kappa shape index (κ3) is 5.66. The van der Waals surface area contributed by atoms with Gasteiger partial charge >= 0.3 is 5.97 Å². The van der Waals surface area contributed by atoms with Gasteiger partial charge in [0.15, 0.2) is 5.65 Å². The Morgan fingerprint density at radius 3 is 2.67 bits per heavy atom. The van der Waals surface area contributed by atoms with Crippen molar-refractivity contribution in [1.82, 2.24) is 24.6 Å². The Bertz CT molecular complexity index is 1130. The van der Waals surface area contributed by atoms with Crippen LogP contribution in [-0.2, 0) is 34.3 Å². The molecule has 0 saturated carbocycles. The zero-order chi connectivity index (χ0) is 24.0. The summed E-state index contributed by atoms with van der Waals surface area (Å²) in [5.41, 5.74) is 4.55. The number of rotatable bonds is 10. The van der Waals surface area contributed by atoms with E-state index in [2.05, 4.69) is 10.1 Å². The van der Waals surface area contributed by atoms with Crippen LogP contribution in [0.3, 0.4) is 0 Å². The van der Waals surface area contributed by atoms with E-state index in [-0.39, 0.29) is 24.8 Å². The Morgan fingerprint density at radius 2 is 2.00 bits per heavy atom. The fraction of sp³-hybridized carbons (Fsp3) is 0.458. The van der Waals surface area contributed by atoms with E-state index < -0.39 is 0 Å². The van der Waals surface area contributed by atoms with Crippen LogP contribution in [0.25, 0.3) is 11.0 Å². The van der Waals surface area contributed by atoms with Gasteiger partial charge in [-0.1, -0.05) is 6.07 Å². The summed E-state index contributed by atoms with van der Waals surface area (Å²) in [6.07, 6.45) is 4.39. The Labute approximate surface area is 193 Å². The molecule has 0 unspecified atom stereocenters. The topological polar surface area (TPSA) is 99.4 Å². The highest BCUT2D eigenvalue weighted by molar-refractivity contribution is 5.86. The molecule has 0 spiro atoms. The van der Waals surface area contributed by atoms with E-state index in [1.165, 1.54) is 0 Å². The van der Waals surface area contributed by atoms with Crippen LogP contribution in [0.4, 0.5) is 0 Å². The number of ether oxygens (including phenoxy) is 2. The molecule has 0 aromatic carbocycles. The number of fused-ring (bicyclic) bond motifs is 1. The number of nitrogens with zero attached hydrogens (tertiary/aromatic N) is 5. The highest BCUT2D eigenvalue weighted by Crippen LogP contribution is 2.30. The second-order valence-corrected chi connectivity index (χ2v) is 7.86. The summed E-state index contributed by atoms with van der Waals surface area (Å²) in [5, 5.41) is 5.25. The highest BCUT2D eigenvalue weighted by Gasteiger charge is 2.21. The Morgan fingerprint density at radius 1 is 1.21 bits per heavy atom. The van der Waals surface area contributed by atoms with E-state index in [1.54, 1.807) is 36.0 Å². The van der Waals surface area contributed by atoms with Gasteiger partial charge in [-0.05, 0) is 49.9 Å². The number of carbonyl (C=O) groups is 2. The molecule has 0 saturated heterocycles. The monoisotopic (exact) mass is 453 g/mol. The van der Waals surface area contributed by atoms with E-state index in [9.17, 15) is 9.59 Å². The minimum absolute atomic E-state index is 0.0415. The predicted molar refractivity (Wildman–Crippen MR) is 124 cm³/mol. The van der Waals surface area contributed by atoms with Crippen LogP contribution in [0.15, 0.2) is 24.5 Å². The molecule has 0 fully saturated rings. The maximum absolute atomic E-state index is 13.2. The first-order chi connectivity index (χ1) is 15.8. The van der Waals surface area contributed by atoms with Gasteiger partial charge in [-0.25, -0.2) is 9.67 Å². The van der Waals surface area contributed by atoms with Gasteiger partial charge in [-0.2, -0.15) is 0 Å². The van der Waals surface area contributed by atoms with Gasteiger partial charge in [0, 0.05) is 44.6 Å². The fourth-order valence-electron chi connectivity index (χ4n) is 3.96. The molecule has 0 aliphatic rings. The lowest BCUT2D eigenvalue weighted by Gasteiger charge is -2.23. The van der Waals surface area contributed by atoms with Crippen molar-refractivity contribution in [2.75, 3.05) is 20.3 Å². The number of hydrogen-bond donors (Lipinski definition) is 0. The lowest BCUT2D eigenvalue weighted by molar-refractivity contribution is -0.144.